The molecule has 3 N–H and O–H groups in total. The summed E-state index contributed by atoms with van der Waals surface area (Å²) in [6.45, 7) is -0.0974. The minimum absolute atomic E-state index is 0.0974. The maximum atomic E-state index is 8.59. The maximum absolute atomic E-state index is 8.59. The molecule has 1 rings (SSSR count). The predicted octanol–water partition coefficient (Wildman–Crippen LogP) is 0.358. The molecule has 1 aromatic carbocycles. The van der Waals surface area contributed by atoms with Crippen molar-refractivity contribution in [2.24, 2.45) is 5.73 Å². The van der Waals surface area contributed by atoms with Gasteiger partial charge in [-0.15, -0.1) is 0 Å². The molecule has 0 aliphatic heterocycles. The fourth-order valence-electron chi connectivity index (χ4n) is 0.743. The van der Waals surface area contributed by atoms with Gasteiger partial charge in [0.1, 0.15) is 0 Å². The first-order valence-corrected chi connectivity index (χ1v) is 3.76. The van der Waals surface area contributed by atoms with E-state index in [-0.39, 0.29) is 6.61 Å². The van der Waals surface area contributed by atoms with Crippen LogP contribution >= 0.6 is 0 Å². The van der Waals surface area contributed by atoms with Crippen molar-refractivity contribution in [3.63, 3.8) is 0 Å². The molecule has 0 heterocycles. The average Bonchev–Trinajstić information content (AvgIpc) is 2.16. The Morgan fingerprint density at radius 3 is 2.58 bits per heavy atom. The van der Waals surface area contributed by atoms with Crippen LogP contribution in [0.5, 0.6) is 0 Å². The summed E-state index contributed by atoms with van der Waals surface area (Å²) < 4.78 is 0. The van der Waals surface area contributed by atoms with Crippen molar-refractivity contribution in [2.45, 2.75) is 6.04 Å². The van der Waals surface area contributed by atoms with E-state index in [1.54, 1.807) is 0 Å². The molecule has 1 atom stereocenters. The van der Waals surface area contributed by atoms with Crippen molar-refractivity contribution in [2.75, 3.05) is 6.61 Å². The molecular weight excluding hydrogens is 150 g/mol. The smallest absolute Gasteiger partial charge is 0.0902 e. The number of aliphatic hydroxyl groups excluding tert-OH is 1. The van der Waals surface area contributed by atoms with Gasteiger partial charge in [0.15, 0.2) is 0 Å². The molecule has 0 spiro atoms. The van der Waals surface area contributed by atoms with Gasteiger partial charge in [-0.2, -0.15) is 0 Å². The molecule has 0 aromatic heterocycles. The number of benzene rings is 1. The molecule has 0 aliphatic carbocycles. The van der Waals surface area contributed by atoms with Gasteiger partial charge in [0, 0.05) is 5.56 Å². The third kappa shape index (κ3) is 2.75. The Morgan fingerprint density at radius 2 is 2.00 bits per heavy atom. The van der Waals surface area contributed by atoms with Crippen LogP contribution in [0.25, 0.3) is 0 Å². The summed E-state index contributed by atoms with van der Waals surface area (Å²) in [4.78, 5) is 0. The normalized spacial score (nSPS) is 11.5. The van der Waals surface area contributed by atoms with Crippen molar-refractivity contribution in [3.05, 3.63) is 35.9 Å². The average molecular weight is 161 g/mol. The molecule has 0 saturated heterocycles. The third-order valence-corrected chi connectivity index (χ3v) is 1.37. The van der Waals surface area contributed by atoms with Crippen LogP contribution in [0.3, 0.4) is 0 Å². The second kappa shape index (κ2) is 4.55. The first-order valence-electron chi connectivity index (χ1n) is 3.76. The summed E-state index contributed by atoms with van der Waals surface area (Å²) in [6, 6.07) is 9.11. The highest BCUT2D eigenvalue weighted by Gasteiger charge is 1.90. The molecular formula is C10H11NO. The molecule has 12 heavy (non-hydrogen) atoms. The molecule has 0 fully saturated rings. The lowest BCUT2D eigenvalue weighted by molar-refractivity contribution is 0.287. The lowest BCUT2D eigenvalue weighted by Gasteiger charge is -1.94. The van der Waals surface area contributed by atoms with E-state index in [1.165, 1.54) is 0 Å². The summed E-state index contributed by atoms with van der Waals surface area (Å²) in [7, 11) is 0. The van der Waals surface area contributed by atoms with Gasteiger partial charge in [0.25, 0.3) is 0 Å². The highest BCUT2D eigenvalue weighted by molar-refractivity contribution is 5.34. The SMILES string of the molecule is N[C@H](C#Cc1ccccc1)CO. The van der Waals surface area contributed by atoms with E-state index < -0.39 is 6.04 Å². The molecule has 0 amide bonds. The Balaban J connectivity index is 2.67. The van der Waals surface area contributed by atoms with Crippen molar-refractivity contribution in [1.82, 2.24) is 0 Å². The number of rotatable bonds is 1. The van der Waals surface area contributed by atoms with Gasteiger partial charge in [0.05, 0.1) is 12.6 Å². The minimum atomic E-state index is -0.440. The standard InChI is InChI=1S/C10H11NO/c11-10(8-12)7-6-9-4-2-1-3-5-9/h1-5,10,12H,8,11H2/t10-/m1/s1. The second-order valence-electron chi connectivity index (χ2n) is 2.42. The van der Waals surface area contributed by atoms with Gasteiger partial charge in [-0.1, -0.05) is 30.0 Å². The van der Waals surface area contributed by atoms with Gasteiger partial charge < -0.3 is 10.8 Å². The van der Waals surface area contributed by atoms with E-state index in [9.17, 15) is 0 Å². The summed E-state index contributed by atoms with van der Waals surface area (Å²) >= 11 is 0. The van der Waals surface area contributed by atoms with Crippen LogP contribution in [0.2, 0.25) is 0 Å². The van der Waals surface area contributed by atoms with E-state index in [0.717, 1.165) is 5.56 Å². The van der Waals surface area contributed by atoms with Gasteiger partial charge in [-0.05, 0) is 12.1 Å². The Morgan fingerprint density at radius 1 is 1.33 bits per heavy atom. The number of hydrogen-bond donors (Lipinski definition) is 2. The summed E-state index contributed by atoms with van der Waals surface area (Å²) in [6.07, 6.45) is 0. The maximum Gasteiger partial charge on any atom is 0.0902 e. The zero-order valence-electron chi connectivity index (χ0n) is 6.70. The fraction of sp³-hybridized carbons (Fsp3) is 0.200. The van der Waals surface area contributed by atoms with Crippen LogP contribution < -0.4 is 5.73 Å². The quantitative estimate of drug-likeness (QED) is 0.584. The molecule has 0 bridgehead atoms. The molecule has 0 saturated carbocycles. The van der Waals surface area contributed by atoms with Gasteiger partial charge in [-0.3, -0.25) is 0 Å². The predicted molar refractivity (Wildman–Crippen MR) is 48.4 cm³/mol. The Labute approximate surface area is 72.0 Å². The highest BCUT2D eigenvalue weighted by atomic mass is 16.3. The summed E-state index contributed by atoms with van der Waals surface area (Å²) in [5.74, 6) is 5.59. The van der Waals surface area contributed by atoms with Gasteiger partial charge in [-0.25, -0.2) is 0 Å². The number of aliphatic hydroxyl groups is 1. The monoisotopic (exact) mass is 161 g/mol. The van der Waals surface area contributed by atoms with Crippen LogP contribution in [0.4, 0.5) is 0 Å². The molecule has 2 heteroatoms. The zero-order valence-corrected chi connectivity index (χ0v) is 6.70. The Kier molecular flexibility index (Phi) is 3.34. The van der Waals surface area contributed by atoms with Crippen molar-refractivity contribution in [3.8, 4) is 11.8 Å². The molecule has 0 aliphatic rings. The molecule has 2 nitrogen and oxygen atoms in total. The van der Waals surface area contributed by atoms with Gasteiger partial charge in [0.2, 0.25) is 0 Å². The Hall–Kier alpha value is -1.30. The number of hydrogen-bond acceptors (Lipinski definition) is 2. The number of nitrogens with two attached hydrogens (primary N) is 1. The lowest BCUT2D eigenvalue weighted by atomic mass is 10.2. The van der Waals surface area contributed by atoms with Crippen LogP contribution in [-0.2, 0) is 0 Å². The van der Waals surface area contributed by atoms with Crippen molar-refractivity contribution in [1.29, 1.82) is 0 Å². The van der Waals surface area contributed by atoms with Gasteiger partial charge >= 0.3 is 0 Å². The van der Waals surface area contributed by atoms with Crippen LogP contribution in [0.15, 0.2) is 30.3 Å². The van der Waals surface area contributed by atoms with Crippen LogP contribution in [-0.4, -0.2) is 17.8 Å². The van der Waals surface area contributed by atoms with E-state index in [2.05, 4.69) is 11.8 Å². The second-order valence-corrected chi connectivity index (χ2v) is 2.42. The van der Waals surface area contributed by atoms with Crippen molar-refractivity contribution >= 4 is 0 Å². The molecule has 0 unspecified atom stereocenters. The van der Waals surface area contributed by atoms with E-state index in [0.29, 0.717) is 0 Å². The molecule has 1 aromatic rings. The first kappa shape index (κ1) is 8.79. The van der Waals surface area contributed by atoms with E-state index in [1.807, 2.05) is 30.3 Å². The highest BCUT2D eigenvalue weighted by Crippen LogP contribution is 1.94. The molecule has 62 valence electrons. The van der Waals surface area contributed by atoms with Crippen LogP contribution in [0.1, 0.15) is 5.56 Å². The lowest BCUT2D eigenvalue weighted by Crippen LogP contribution is -2.21. The topological polar surface area (TPSA) is 46.2 Å². The Bertz CT molecular complexity index is 284. The van der Waals surface area contributed by atoms with E-state index >= 15 is 0 Å². The summed E-state index contributed by atoms with van der Waals surface area (Å²) in [5, 5.41) is 8.59. The fourth-order valence-corrected chi connectivity index (χ4v) is 0.743. The largest absolute Gasteiger partial charge is 0.394 e. The molecule has 0 radical (unpaired) electrons. The third-order valence-electron chi connectivity index (χ3n) is 1.37. The first-order chi connectivity index (χ1) is 5.83. The zero-order chi connectivity index (χ0) is 8.81. The van der Waals surface area contributed by atoms with E-state index in [4.69, 9.17) is 10.8 Å². The summed E-state index contributed by atoms with van der Waals surface area (Å²) in [5.41, 5.74) is 6.32. The minimum Gasteiger partial charge on any atom is -0.394 e. The van der Waals surface area contributed by atoms with Crippen molar-refractivity contribution < 1.29 is 5.11 Å². The van der Waals surface area contributed by atoms with Crippen LogP contribution in [0, 0.1) is 11.8 Å².